The van der Waals surface area contributed by atoms with Gasteiger partial charge < -0.3 is 10.3 Å². The van der Waals surface area contributed by atoms with Crippen LogP contribution in [-0.2, 0) is 11.3 Å². The second-order valence-corrected chi connectivity index (χ2v) is 6.45. The summed E-state index contributed by atoms with van der Waals surface area (Å²) in [5, 5.41) is 0. The molecule has 1 unspecified atom stereocenters. The predicted octanol–water partition coefficient (Wildman–Crippen LogP) is 1.46. The molecule has 1 aromatic rings. The molecule has 1 fully saturated rings. The van der Waals surface area contributed by atoms with Crippen molar-refractivity contribution in [2.24, 2.45) is 11.7 Å². The molecule has 1 aliphatic heterocycles. The predicted molar refractivity (Wildman–Crippen MR) is 83.2 cm³/mol. The Morgan fingerprint density at radius 3 is 2.73 bits per heavy atom. The van der Waals surface area contributed by atoms with Crippen molar-refractivity contribution >= 4 is 5.91 Å². The van der Waals surface area contributed by atoms with Crippen LogP contribution in [0.15, 0.2) is 23.1 Å². The third kappa shape index (κ3) is 4.16. The van der Waals surface area contributed by atoms with Crippen LogP contribution in [0.2, 0.25) is 0 Å². The third-order valence-electron chi connectivity index (χ3n) is 3.98. The van der Waals surface area contributed by atoms with Crippen molar-refractivity contribution in [1.82, 2.24) is 9.47 Å². The monoisotopic (exact) mass is 309 g/mol. The lowest BCUT2D eigenvalue weighted by Crippen LogP contribution is -2.34. The van der Waals surface area contributed by atoms with Crippen molar-refractivity contribution in [3.05, 3.63) is 34.2 Å². The number of likely N-dealkylation sites (tertiary alicyclic amines) is 1. The van der Waals surface area contributed by atoms with Gasteiger partial charge in [0, 0.05) is 31.9 Å². The zero-order chi connectivity index (χ0) is 16.3. The van der Waals surface area contributed by atoms with E-state index < -0.39 is 18.1 Å². The van der Waals surface area contributed by atoms with E-state index >= 15 is 0 Å². The van der Waals surface area contributed by atoms with E-state index in [0.717, 1.165) is 5.56 Å². The van der Waals surface area contributed by atoms with Crippen molar-refractivity contribution in [2.45, 2.75) is 45.4 Å². The molecule has 1 saturated heterocycles. The average Bonchev–Trinajstić information content (AvgIpc) is 2.83. The number of aromatic nitrogens is 1. The maximum Gasteiger partial charge on any atom is 0.251 e. The second kappa shape index (κ2) is 7.05. The summed E-state index contributed by atoms with van der Waals surface area (Å²) in [7, 11) is 0. The number of carbonyl (C=O) groups is 1. The molecule has 6 heteroatoms. The first-order chi connectivity index (χ1) is 10.4. The summed E-state index contributed by atoms with van der Waals surface area (Å²) in [4.78, 5) is 25.8. The van der Waals surface area contributed by atoms with E-state index in [1.54, 1.807) is 12.3 Å². The zero-order valence-electron chi connectivity index (χ0n) is 13.2. The quantitative estimate of drug-likeness (QED) is 0.865. The lowest BCUT2D eigenvalue weighted by Gasteiger charge is -2.21. The van der Waals surface area contributed by atoms with Gasteiger partial charge in [0.25, 0.3) is 5.56 Å². The van der Waals surface area contributed by atoms with Crippen LogP contribution >= 0.6 is 0 Å². The Kier molecular flexibility index (Phi) is 5.34. The highest BCUT2D eigenvalue weighted by Crippen LogP contribution is 2.18. The summed E-state index contributed by atoms with van der Waals surface area (Å²) in [5.74, 6) is -0.253. The number of nitrogens with two attached hydrogens (primary N) is 1. The highest BCUT2D eigenvalue weighted by molar-refractivity contribution is 5.78. The molecule has 2 rings (SSSR count). The fourth-order valence-electron chi connectivity index (χ4n) is 2.89. The molecule has 2 N–H and O–H groups in total. The lowest BCUT2D eigenvalue weighted by atomic mass is 10.0. The number of amides is 1. The number of nitrogens with zero attached hydrogens (tertiary/aromatic N) is 2. The van der Waals surface area contributed by atoms with Gasteiger partial charge >= 0.3 is 0 Å². The Morgan fingerprint density at radius 1 is 1.45 bits per heavy atom. The van der Waals surface area contributed by atoms with Crippen LogP contribution in [0, 0.1) is 5.92 Å². The van der Waals surface area contributed by atoms with Crippen LogP contribution in [0.3, 0.4) is 0 Å². The van der Waals surface area contributed by atoms with Gasteiger partial charge in [0.15, 0.2) is 0 Å². The van der Waals surface area contributed by atoms with Gasteiger partial charge in [-0.15, -0.1) is 0 Å². The van der Waals surface area contributed by atoms with Crippen LogP contribution in [0.4, 0.5) is 4.39 Å². The first-order valence-electron chi connectivity index (χ1n) is 7.73. The van der Waals surface area contributed by atoms with Crippen molar-refractivity contribution < 1.29 is 9.18 Å². The van der Waals surface area contributed by atoms with Gasteiger partial charge in [0.05, 0.1) is 0 Å². The molecule has 122 valence electrons. The Morgan fingerprint density at radius 2 is 2.18 bits per heavy atom. The van der Waals surface area contributed by atoms with Crippen molar-refractivity contribution in [3.63, 3.8) is 0 Å². The maximum absolute atomic E-state index is 13.2. The molecule has 2 heterocycles. The van der Waals surface area contributed by atoms with E-state index in [-0.39, 0.29) is 11.5 Å². The molecule has 5 nitrogen and oxygen atoms in total. The van der Waals surface area contributed by atoms with Crippen molar-refractivity contribution in [2.75, 3.05) is 13.1 Å². The fraction of sp³-hybridized carbons (Fsp3) is 0.625. The molecule has 0 saturated carbocycles. The summed E-state index contributed by atoms with van der Waals surface area (Å²) in [6.45, 7) is 5.68. The number of rotatable bonds is 6. The molecule has 0 spiro atoms. The second-order valence-electron chi connectivity index (χ2n) is 6.45. The SMILES string of the molecule is CC(C)CC(C(N)=O)n1cc(CN2CC[C@@H](F)C2)ccc1=O. The topological polar surface area (TPSA) is 68.3 Å². The Labute approximate surface area is 129 Å². The molecule has 22 heavy (non-hydrogen) atoms. The summed E-state index contributed by atoms with van der Waals surface area (Å²) in [6.07, 6.45) is 1.99. The number of carbonyl (C=O) groups excluding carboxylic acids is 1. The van der Waals surface area contributed by atoms with Crippen LogP contribution in [0.5, 0.6) is 0 Å². The highest BCUT2D eigenvalue weighted by Gasteiger charge is 2.23. The molecule has 1 aromatic heterocycles. The van der Waals surface area contributed by atoms with Crippen LogP contribution in [-0.4, -0.2) is 34.6 Å². The molecule has 0 aromatic carbocycles. The lowest BCUT2D eigenvalue weighted by molar-refractivity contribution is -0.121. The zero-order valence-corrected chi connectivity index (χ0v) is 13.2. The average molecular weight is 309 g/mol. The highest BCUT2D eigenvalue weighted by atomic mass is 19.1. The molecule has 0 bridgehead atoms. The Hall–Kier alpha value is -1.69. The van der Waals surface area contributed by atoms with Gasteiger partial charge in [-0.2, -0.15) is 0 Å². The minimum Gasteiger partial charge on any atom is -0.368 e. The van der Waals surface area contributed by atoms with Crippen LogP contribution in [0.25, 0.3) is 0 Å². The Bertz CT molecular complexity index is 585. The number of primary amides is 1. The van der Waals surface area contributed by atoms with Crippen LogP contribution < -0.4 is 11.3 Å². The van der Waals surface area contributed by atoms with E-state index in [0.29, 0.717) is 32.5 Å². The smallest absolute Gasteiger partial charge is 0.251 e. The van der Waals surface area contributed by atoms with Gasteiger partial charge in [0.2, 0.25) is 5.91 Å². The summed E-state index contributed by atoms with van der Waals surface area (Å²) < 4.78 is 14.7. The third-order valence-corrected chi connectivity index (χ3v) is 3.98. The van der Waals surface area contributed by atoms with Gasteiger partial charge in [-0.3, -0.25) is 14.5 Å². The van der Waals surface area contributed by atoms with E-state index in [2.05, 4.69) is 0 Å². The minimum atomic E-state index is -0.773. The van der Waals surface area contributed by atoms with E-state index in [1.807, 2.05) is 18.7 Å². The van der Waals surface area contributed by atoms with Crippen LogP contribution in [0.1, 0.15) is 38.3 Å². The standard InChI is InChI=1S/C16H24FN3O2/c1-11(2)7-14(16(18)22)20-9-12(3-4-15(20)21)8-19-6-5-13(17)10-19/h3-4,9,11,13-14H,5-8,10H2,1-2H3,(H2,18,22)/t13-,14?/m1/s1. The molecule has 2 atom stereocenters. The van der Waals surface area contributed by atoms with Gasteiger partial charge in [-0.25, -0.2) is 4.39 Å². The summed E-state index contributed by atoms with van der Waals surface area (Å²) in [6, 6.07) is 2.55. The number of halogens is 1. The number of alkyl halides is 1. The maximum atomic E-state index is 13.2. The summed E-state index contributed by atoms with van der Waals surface area (Å²) >= 11 is 0. The van der Waals surface area contributed by atoms with E-state index in [9.17, 15) is 14.0 Å². The normalized spacial score (nSPS) is 20.5. The van der Waals surface area contributed by atoms with Gasteiger partial charge in [-0.1, -0.05) is 19.9 Å². The fourth-order valence-corrected chi connectivity index (χ4v) is 2.89. The molecule has 1 aliphatic rings. The molecule has 0 aliphatic carbocycles. The number of pyridine rings is 1. The first kappa shape index (κ1) is 16.7. The van der Waals surface area contributed by atoms with Crippen molar-refractivity contribution in [1.29, 1.82) is 0 Å². The molecular formula is C16H24FN3O2. The van der Waals surface area contributed by atoms with Crippen molar-refractivity contribution in [3.8, 4) is 0 Å². The first-order valence-corrected chi connectivity index (χ1v) is 7.73. The Balaban J connectivity index is 2.21. The molecule has 1 amide bonds. The minimum absolute atomic E-state index is 0.238. The summed E-state index contributed by atoms with van der Waals surface area (Å²) in [5.41, 5.74) is 6.11. The van der Waals surface area contributed by atoms with Gasteiger partial charge in [-0.05, 0) is 24.3 Å². The number of hydrogen-bond donors (Lipinski definition) is 1. The molecule has 0 radical (unpaired) electrons. The molecular weight excluding hydrogens is 285 g/mol. The number of hydrogen-bond acceptors (Lipinski definition) is 3. The van der Waals surface area contributed by atoms with E-state index in [4.69, 9.17) is 5.73 Å². The largest absolute Gasteiger partial charge is 0.368 e. The van der Waals surface area contributed by atoms with E-state index in [1.165, 1.54) is 10.6 Å². The van der Waals surface area contributed by atoms with Gasteiger partial charge in [0.1, 0.15) is 12.2 Å².